The maximum absolute atomic E-state index is 14.3. The number of carbonyl (C=O) groups excluding carboxylic acids is 4. The number of fused-ring (bicyclic) bond motifs is 2. The van der Waals surface area contributed by atoms with Gasteiger partial charge in [-0.2, -0.15) is 0 Å². The zero-order valence-electron chi connectivity index (χ0n) is 53.9. The molecule has 1 saturated heterocycles. The second kappa shape index (κ2) is 36.3. The van der Waals surface area contributed by atoms with E-state index in [2.05, 4.69) is 77.9 Å². The predicted octanol–water partition coefficient (Wildman–Crippen LogP) is 9.20. The minimum absolute atomic E-state index is 0.0613. The first-order valence-corrected chi connectivity index (χ1v) is 36.4. The molecule has 7 rings (SSSR count). The van der Waals surface area contributed by atoms with Crippen molar-refractivity contribution < 1.29 is 61.3 Å². The Bertz CT molecular complexity index is 3810. The number of nitrogens with one attached hydrogen (secondary N) is 5. The fourth-order valence-corrected chi connectivity index (χ4v) is 13.7. The first-order valence-electron chi connectivity index (χ1n) is 30.4. The molecule has 4 amide bonds. The Balaban J connectivity index is 0.828. The van der Waals surface area contributed by atoms with Gasteiger partial charge in [-0.1, -0.05) is 100 Å². The average molecular weight is 1370 g/mol. The summed E-state index contributed by atoms with van der Waals surface area (Å²) in [6.45, 7) is 17.9. The number of benzene rings is 4. The number of aromatic amines is 1. The Morgan fingerprint density at radius 2 is 1.74 bits per heavy atom. The highest BCUT2D eigenvalue weighted by Crippen LogP contribution is 2.44. The summed E-state index contributed by atoms with van der Waals surface area (Å²) < 4.78 is 53.6. The van der Waals surface area contributed by atoms with E-state index in [0.717, 1.165) is 55.4 Å². The smallest absolute Gasteiger partial charge is 0.490 e. The van der Waals surface area contributed by atoms with Gasteiger partial charge in [0.2, 0.25) is 11.8 Å². The molecule has 0 radical (unpaired) electrons. The van der Waals surface area contributed by atoms with Crippen molar-refractivity contribution in [2.45, 2.75) is 109 Å². The number of anilines is 1. The van der Waals surface area contributed by atoms with Crippen LogP contribution in [0.15, 0.2) is 98.0 Å². The molecule has 6 atom stereocenters. The largest absolute Gasteiger partial charge is 0.694 e. The highest BCUT2D eigenvalue weighted by Gasteiger charge is 2.41. The zero-order chi connectivity index (χ0) is 67.2. The summed E-state index contributed by atoms with van der Waals surface area (Å²) >= 11 is 0. The third-order valence-electron chi connectivity index (χ3n) is 14.1. The SMILES string of the molecule is CCN=c1cc2oc3cc(NCC)c(C)cc3c(-c3ccccc3C(=O)N(C)CCCC(=O)NCCNC(=O)c3cccc(OCC(OCCOCC(=O)NCC#Cc4cn([C@H]5CC(O[C@H](C)SSC)[C@@H](CO[P+](=O)O)O5)c(=O)[nH]c4=O)SSC(C)(C)C)c3)c-2cc1C. The van der Waals surface area contributed by atoms with Crippen LogP contribution < -0.4 is 42.6 Å². The number of H-pyrrole nitrogens is 1. The lowest BCUT2D eigenvalue weighted by atomic mass is 9.89. The van der Waals surface area contributed by atoms with Crippen LogP contribution in [-0.2, 0) is 37.6 Å². The summed E-state index contributed by atoms with van der Waals surface area (Å²) in [4.78, 5) is 96.5. The van der Waals surface area contributed by atoms with Crippen LogP contribution >= 0.6 is 51.4 Å². The van der Waals surface area contributed by atoms with E-state index in [0.29, 0.717) is 47.7 Å². The van der Waals surface area contributed by atoms with Crippen molar-refractivity contribution in [1.29, 1.82) is 0 Å². The minimum atomic E-state index is -2.90. The first kappa shape index (κ1) is 73.7. The standard InChI is InChI=1S/C65H81N8O15PS4/c1-11-66-50-33-52-48(30-40(50)3)60(49-31-41(4)51(67-12-2)34-53(49)87-52)46-21-13-14-22-47(46)63(78)72(9)27-17-23-56(74)69-25-26-70-61(76)43-18-15-20-45(32-43)84-39-59(92-93-65(6,7)8)83-29-28-82-38-57(75)68-24-16-19-44-36-73(64(79)71-62(44)77)58-35-54(86-42(5)91-90-10)55(88-58)37-85-89(80)81/h13-15,18,20-22,30-34,36,42,54-55,58-59H,11-12,17,23-29,35,37-39H2,1-10H3,(H5-,66,67,68,69,70,71,74,75,76,77,79,80,81)/p+1/t42-,54?,55+,58+,59?/m0/s1. The van der Waals surface area contributed by atoms with E-state index >= 15 is 0 Å². The van der Waals surface area contributed by atoms with Gasteiger partial charge in [0.05, 0.1) is 31.2 Å². The molecule has 0 saturated carbocycles. The number of ether oxygens (including phenoxy) is 5. The Kier molecular flexibility index (Phi) is 28.8. The molecule has 23 nitrogen and oxygen atoms in total. The van der Waals surface area contributed by atoms with Crippen molar-refractivity contribution in [2.75, 3.05) is 90.9 Å². The van der Waals surface area contributed by atoms with E-state index in [1.165, 1.54) is 38.6 Å². The summed E-state index contributed by atoms with van der Waals surface area (Å²) in [7, 11) is 4.88. The number of aromatic nitrogens is 2. The molecular formula is C65H82N8O15PS4+. The average Bonchev–Trinajstić information content (AvgIpc) is 1.20. The van der Waals surface area contributed by atoms with Gasteiger partial charge in [-0.25, -0.2) is 4.79 Å². The highest BCUT2D eigenvalue weighted by molar-refractivity contribution is 8.77. The molecule has 0 spiro atoms. The molecule has 6 N–H and O–H groups in total. The van der Waals surface area contributed by atoms with E-state index in [1.54, 1.807) is 47.0 Å². The predicted molar refractivity (Wildman–Crippen MR) is 368 cm³/mol. The van der Waals surface area contributed by atoms with Crippen molar-refractivity contribution in [3.63, 3.8) is 0 Å². The number of nitrogens with zero attached hydrogens (tertiary/aromatic N) is 3. The zero-order valence-corrected chi connectivity index (χ0v) is 58.0. The summed E-state index contributed by atoms with van der Waals surface area (Å²) in [5, 5.41) is 13.5. The lowest BCUT2D eigenvalue weighted by Crippen LogP contribution is -2.35. The van der Waals surface area contributed by atoms with Gasteiger partial charge in [-0.15, -0.1) is 9.42 Å². The molecule has 28 heteroatoms. The van der Waals surface area contributed by atoms with Gasteiger partial charge in [0, 0.05) is 114 Å². The van der Waals surface area contributed by atoms with Crippen molar-refractivity contribution in [2.24, 2.45) is 4.99 Å². The van der Waals surface area contributed by atoms with E-state index in [9.17, 15) is 38.2 Å². The number of hydrogen-bond acceptors (Lipinski definition) is 20. The highest BCUT2D eigenvalue weighted by atomic mass is 33.1. The molecule has 3 heterocycles. The second-order valence-electron chi connectivity index (χ2n) is 22.4. The molecule has 2 aliphatic heterocycles. The third kappa shape index (κ3) is 22.2. The van der Waals surface area contributed by atoms with Gasteiger partial charge in [-0.05, 0) is 100 Å². The van der Waals surface area contributed by atoms with Gasteiger partial charge < -0.3 is 54.3 Å². The Morgan fingerprint density at radius 1 is 0.957 bits per heavy atom. The molecule has 1 fully saturated rings. The fourth-order valence-electron chi connectivity index (χ4n) is 9.86. The Labute approximate surface area is 557 Å². The number of hydrogen-bond donors (Lipinski definition) is 6. The van der Waals surface area contributed by atoms with Crippen molar-refractivity contribution in [3.8, 4) is 40.0 Å². The van der Waals surface area contributed by atoms with Gasteiger partial charge in [0.15, 0.2) is 0 Å². The lowest BCUT2D eigenvalue weighted by Gasteiger charge is -2.22. The molecule has 500 valence electrons. The quantitative estimate of drug-likeness (QED) is 0.00559. The molecule has 93 heavy (non-hydrogen) atoms. The van der Waals surface area contributed by atoms with Crippen LogP contribution in [0.4, 0.5) is 5.69 Å². The van der Waals surface area contributed by atoms with Crippen LogP contribution in [0.3, 0.4) is 0 Å². The fraction of sp³-hybridized carbons (Fsp3) is 0.462. The number of aryl methyl sites for hydroxylation is 2. The van der Waals surface area contributed by atoms with Crippen molar-refractivity contribution >= 4 is 91.7 Å². The molecule has 3 aliphatic rings. The maximum Gasteiger partial charge on any atom is 0.694 e. The van der Waals surface area contributed by atoms with E-state index in [4.69, 9.17) is 37.6 Å². The summed E-state index contributed by atoms with van der Waals surface area (Å²) in [5.41, 5.74) is 4.84. The van der Waals surface area contributed by atoms with E-state index in [1.807, 2.05) is 70.3 Å². The number of carbonyl (C=O) groups is 4. The molecular weight excluding hydrogens is 1290 g/mol. The van der Waals surface area contributed by atoms with E-state index < -0.39 is 49.3 Å². The number of amides is 4. The topological polar surface area (TPSA) is 293 Å². The Morgan fingerprint density at radius 3 is 2.49 bits per heavy atom. The van der Waals surface area contributed by atoms with Gasteiger partial charge in [0.1, 0.15) is 65.7 Å². The molecule has 3 unspecified atom stereocenters. The normalized spacial score (nSPS) is 15.7. The first-order chi connectivity index (χ1) is 44.5. The molecule has 0 bridgehead atoms. The van der Waals surface area contributed by atoms with Crippen LogP contribution in [0.2, 0.25) is 0 Å². The monoisotopic (exact) mass is 1370 g/mol. The molecule has 1 aliphatic carbocycles. The molecule has 3 aromatic carbocycles. The van der Waals surface area contributed by atoms with Crippen molar-refractivity contribution in [1.82, 2.24) is 30.4 Å². The van der Waals surface area contributed by atoms with Crippen molar-refractivity contribution in [3.05, 3.63) is 133 Å². The minimum Gasteiger partial charge on any atom is -0.490 e. The van der Waals surface area contributed by atoms with Crippen LogP contribution in [0.1, 0.15) is 104 Å². The van der Waals surface area contributed by atoms with E-state index in [-0.39, 0.29) is 99.0 Å². The summed E-state index contributed by atoms with van der Waals surface area (Å²) in [6, 6.07) is 22.5. The van der Waals surface area contributed by atoms with Crippen LogP contribution in [0.5, 0.6) is 5.75 Å². The molecule has 4 aromatic rings. The molecule has 1 aromatic heterocycles. The van der Waals surface area contributed by atoms with Gasteiger partial charge >= 0.3 is 13.9 Å². The Hall–Kier alpha value is -6.67. The van der Waals surface area contributed by atoms with Gasteiger partial charge in [-0.3, -0.25) is 38.5 Å². The van der Waals surface area contributed by atoms with Crippen LogP contribution in [-0.4, -0.2) is 156 Å². The lowest BCUT2D eigenvalue weighted by molar-refractivity contribution is -0.126. The third-order valence-corrected chi connectivity index (χ3v) is 20.0. The maximum atomic E-state index is 14.3. The van der Waals surface area contributed by atoms with Gasteiger partial charge in [0.25, 0.3) is 17.4 Å². The second-order valence-corrected chi connectivity index (χ2v) is 29.1. The number of rotatable bonds is 33. The van der Waals surface area contributed by atoms with Crippen LogP contribution in [0, 0.1) is 25.7 Å². The summed E-state index contributed by atoms with van der Waals surface area (Å²) in [5.74, 6) is 5.28. The van der Waals surface area contributed by atoms with Crippen LogP contribution in [0.25, 0.3) is 33.4 Å². The summed E-state index contributed by atoms with van der Waals surface area (Å²) in [6.07, 6.45) is 1.64.